The van der Waals surface area contributed by atoms with Gasteiger partial charge in [0.25, 0.3) is 5.91 Å². The van der Waals surface area contributed by atoms with Crippen molar-refractivity contribution in [2.75, 3.05) is 19.8 Å². The zero-order chi connectivity index (χ0) is 18.9. The molecule has 140 valence electrons. The number of terminal acetylenes is 1. The average molecular weight is 469 g/mol. The minimum absolute atomic E-state index is 0.00587. The van der Waals surface area contributed by atoms with Crippen LogP contribution >= 0.6 is 22.6 Å². The van der Waals surface area contributed by atoms with Gasteiger partial charge in [0, 0.05) is 28.6 Å². The van der Waals surface area contributed by atoms with Crippen LogP contribution in [0.2, 0.25) is 0 Å². The third kappa shape index (κ3) is 5.47. The molecule has 0 aliphatic carbocycles. The second-order valence-electron chi connectivity index (χ2n) is 5.97. The zero-order valence-corrected chi connectivity index (χ0v) is 16.9. The van der Waals surface area contributed by atoms with E-state index in [1.54, 1.807) is 0 Å². The summed E-state index contributed by atoms with van der Waals surface area (Å²) >= 11 is 2.26. The largest absolute Gasteiger partial charge is 0.459 e. The van der Waals surface area contributed by atoms with Crippen LogP contribution < -0.4 is 5.32 Å². The first kappa shape index (κ1) is 20.7. The van der Waals surface area contributed by atoms with Crippen LogP contribution in [-0.2, 0) is 14.3 Å². The first-order valence-electron chi connectivity index (χ1n) is 8.68. The van der Waals surface area contributed by atoms with Crippen LogP contribution in [-0.4, -0.2) is 37.1 Å². The number of benzene rings is 1. The van der Waals surface area contributed by atoms with Crippen molar-refractivity contribution < 1.29 is 19.4 Å². The summed E-state index contributed by atoms with van der Waals surface area (Å²) in [6.07, 6.45) is 7.88. The van der Waals surface area contributed by atoms with Crippen LogP contribution in [0.5, 0.6) is 0 Å². The zero-order valence-electron chi connectivity index (χ0n) is 14.8. The van der Waals surface area contributed by atoms with Crippen LogP contribution in [0.1, 0.15) is 31.2 Å². The summed E-state index contributed by atoms with van der Waals surface area (Å²) in [5, 5.41) is 11.9. The molecule has 0 saturated carbocycles. The van der Waals surface area contributed by atoms with Gasteiger partial charge in [-0.1, -0.05) is 18.1 Å². The summed E-state index contributed by atoms with van der Waals surface area (Å²) in [6.45, 7) is 2.61. The molecular weight excluding hydrogens is 445 g/mol. The minimum Gasteiger partial charge on any atom is -0.459 e. The summed E-state index contributed by atoms with van der Waals surface area (Å²) in [7, 11) is 0. The number of rotatable bonds is 8. The molecule has 0 saturated heterocycles. The Labute approximate surface area is 168 Å². The fourth-order valence-corrected chi connectivity index (χ4v) is 3.41. The van der Waals surface area contributed by atoms with Gasteiger partial charge in [0.2, 0.25) is 6.29 Å². The van der Waals surface area contributed by atoms with E-state index in [1.165, 1.54) is 0 Å². The van der Waals surface area contributed by atoms with Gasteiger partial charge in [0.1, 0.15) is 0 Å². The topological polar surface area (TPSA) is 67.8 Å². The summed E-state index contributed by atoms with van der Waals surface area (Å²) < 4.78 is 12.8. The van der Waals surface area contributed by atoms with Crippen molar-refractivity contribution in [2.24, 2.45) is 5.92 Å². The molecule has 3 atom stereocenters. The highest BCUT2D eigenvalue weighted by molar-refractivity contribution is 14.1. The maximum absolute atomic E-state index is 12.4. The van der Waals surface area contributed by atoms with Gasteiger partial charge in [-0.3, -0.25) is 4.79 Å². The Morgan fingerprint density at radius 2 is 2.15 bits per heavy atom. The first-order valence-corrected chi connectivity index (χ1v) is 9.76. The van der Waals surface area contributed by atoms with Gasteiger partial charge >= 0.3 is 0 Å². The van der Waals surface area contributed by atoms with Crippen LogP contribution in [0.3, 0.4) is 0 Å². The first-order chi connectivity index (χ1) is 12.6. The average Bonchev–Trinajstić information content (AvgIpc) is 2.65. The Balaban J connectivity index is 2.37. The molecule has 1 aromatic carbocycles. The fourth-order valence-electron chi connectivity index (χ4n) is 3.05. The lowest BCUT2D eigenvalue weighted by molar-refractivity contribution is -0.166. The van der Waals surface area contributed by atoms with Gasteiger partial charge in [0.05, 0.1) is 6.54 Å². The number of carbonyl (C=O) groups excluding carboxylic acids is 1. The Morgan fingerprint density at radius 3 is 2.77 bits per heavy atom. The molecule has 2 rings (SSSR count). The van der Waals surface area contributed by atoms with Crippen molar-refractivity contribution in [3.8, 4) is 12.3 Å². The quantitative estimate of drug-likeness (QED) is 0.454. The molecule has 26 heavy (non-hydrogen) atoms. The molecule has 1 amide bonds. The highest BCUT2D eigenvalue weighted by atomic mass is 127. The predicted molar refractivity (Wildman–Crippen MR) is 108 cm³/mol. The Bertz CT molecular complexity index is 665. The lowest BCUT2D eigenvalue weighted by Crippen LogP contribution is -2.39. The molecule has 6 heteroatoms. The van der Waals surface area contributed by atoms with Gasteiger partial charge in [-0.15, -0.1) is 6.42 Å². The van der Waals surface area contributed by atoms with E-state index in [-0.39, 0.29) is 36.7 Å². The fraction of sp³-hybridized carbons (Fsp3) is 0.450. The van der Waals surface area contributed by atoms with Crippen LogP contribution in [0.15, 0.2) is 36.1 Å². The van der Waals surface area contributed by atoms with Gasteiger partial charge in [0.15, 0.2) is 5.76 Å². The van der Waals surface area contributed by atoms with E-state index < -0.39 is 6.29 Å². The second kappa shape index (κ2) is 10.6. The molecule has 0 spiro atoms. The smallest absolute Gasteiger partial charge is 0.286 e. The molecule has 0 unspecified atom stereocenters. The third-order valence-corrected chi connectivity index (χ3v) is 4.96. The normalized spacial score (nSPS) is 22.1. The summed E-state index contributed by atoms with van der Waals surface area (Å²) in [6, 6.07) is 8.19. The van der Waals surface area contributed by atoms with Crippen molar-refractivity contribution in [2.45, 2.75) is 32.0 Å². The van der Waals surface area contributed by atoms with E-state index in [0.717, 1.165) is 15.6 Å². The molecule has 2 N–H and O–H groups in total. The van der Waals surface area contributed by atoms with Crippen molar-refractivity contribution in [3.63, 3.8) is 0 Å². The third-order valence-electron chi connectivity index (χ3n) is 4.24. The van der Waals surface area contributed by atoms with E-state index in [4.69, 9.17) is 15.9 Å². The summed E-state index contributed by atoms with van der Waals surface area (Å²) in [4.78, 5) is 12.4. The van der Waals surface area contributed by atoms with Gasteiger partial charge in [-0.2, -0.15) is 0 Å². The summed E-state index contributed by atoms with van der Waals surface area (Å²) in [5.41, 5.74) is 1.09. The molecule has 1 aliphatic heterocycles. The number of aliphatic hydroxyl groups is 1. The predicted octanol–water partition coefficient (Wildman–Crippen LogP) is 2.79. The minimum atomic E-state index is -0.549. The number of halogens is 1. The van der Waals surface area contributed by atoms with Gasteiger partial charge in [-0.25, -0.2) is 0 Å². The van der Waals surface area contributed by atoms with E-state index in [2.05, 4.69) is 46.0 Å². The van der Waals surface area contributed by atoms with Gasteiger partial charge < -0.3 is 19.9 Å². The highest BCUT2D eigenvalue weighted by Gasteiger charge is 2.37. The Hall–Kier alpha value is -1.56. The number of amides is 1. The van der Waals surface area contributed by atoms with E-state index >= 15 is 0 Å². The number of allylic oxidation sites excluding steroid dienone is 1. The molecular formula is C20H24INO4. The van der Waals surface area contributed by atoms with Crippen molar-refractivity contribution in [1.29, 1.82) is 0 Å². The lowest BCUT2D eigenvalue weighted by Gasteiger charge is -2.37. The van der Waals surface area contributed by atoms with Crippen molar-refractivity contribution in [3.05, 3.63) is 45.2 Å². The number of nitrogens with one attached hydrogen (secondary N) is 1. The van der Waals surface area contributed by atoms with Crippen molar-refractivity contribution >= 4 is 28.5 Å². The maximum Gasteiger partial charge on any atom is 0.286 e. The lowest BCUT2D eigenvalue weighted by atomic mass is 9.80. The summed E-state index contributed by atoms with van der Waals surface area (Å²) in [5.74, 6) is 2.23. The number of hydrogen-bond donors (Lipinski definition) is 2. The molecule has 5 nitrogen and oxygen atoms in total. The monoisotopic (exact) mass is 469 g/mol. The molecule has 1 heterocycles. The van der Waals surface area contributed by atoms with E-state index in [9.17, 15) is 9.90 Å². The number of aliphatic hydroxyl groups excluding tert-OH is 1. The standard InChI is InChI=1S/C20H24INO4/c1-3-11-22-19(24)18-13-17(14-7-9-15(21)10-8-14)16(6-5-12-23)20(26-18)25-4-2/h1,7-10,13,16-17,20,23H,4-6,11-12H2,2H3,(H,22,24)/t16-,17+,20+/m1/s1. The van der Waals surface area contributed by atoms with Crippen molar-refractivity contribution in [1.82, 2.24) is 5.32 Å². The molecule has 1 aromatic rings. The van der Waals surface area contributed by atoms with Crippen LogP contribution in [0.4, 0.5) is 0 Å². The van der Waals surface area contributed by atoms with Gasteiger partial charge in [-0.05, 0) is 66.1 Å². The Morgan fingerprint density at radius 1 is 1.42 bits per heavy atom. The van der Waals surface area contributed by atoms with Crippen LogP contribution in [0, 0.1) is 21.8 Å². The molecule has 0 radical (unpaired) electrons. The van der Waals surface area contributed by atoms with Crippen LogP contribution in [0.25, 0.3) is 0 Å². The Kier molecular flexibility index (Phi) is 8.42. The maximum atomic E-state index is 12.4. The molecule has 0 fully saturated rings. The number of hydrogen-bond acceptors (Lipinski definition) is 4. The van der Waals surface area contributed by atoms with E-state index in [0.29, 0.717) is 13.0 Å². The highest BCUT2D eigenvalue weighted by Crippen LogP contribution is 2.39. The SMILES string of the molecule is C#CCNC(=O)C1=C[C@@H](c2ccc(I)cc2)[C@@H](CCCO)[C@@H](OCC)O1. The van der Waals surface area contributed by atoms with E-state index in [1.807, 2.05) is 25.1 Å². The molecule has 1 aliphatic rings. The second-order valence-corrected chi connectivity index (χ2v) is 7.21. The molecule has 0 aromatic heterocycles. The number of ether oxygens (including phenoxy) is 2. The number of carbonyl (C=O) groups is 1. The molecule has 0 bridgehead atoms.